The standard InChI is InChI=1S/C18H17FN2O3/c1-12-11-18(24,14-7-9-15(19)10-8-14)21(20-12)17(23)16(22)13-5-3-2-4-6-13/h2-10,16,22,24H,11H2,1H3/t16-,18-/m0/s1. The second-order valence-electron chi connectivity index (χ2n) is 5.80. The summed E-state index contributed by atoms with van der Waals surface area (Å²) in [6, 6.07) is 13.6. The number of halogens is 1. The van der Waals surface area contributed by atoms with Gasteiger partial charge in [-0.25, -0.2) is 4.39 Å². The Balaban J connectivity index is 1.95. The minimum Gasteiger partial charge on any atom is -0.378 e. The third-order valence-electron chi connectivity index (χ3n) is 3.99. The third-order valence-corrected chi connectivity index (χ3v) is 3.99. The molecule has 24 heavy (non-hydrogen) atoms. The number of nitrogens with zero attached hydrogens (tertiary/aromatic N) is 2. The van der Waals surface area contributed by atoms with E-state index in [1.165, 1.54) is 24.3 Å². The van der Waals surface area contributed by atoms with Crippen LogP contribution in [-0.2, 0) is 10.5 Å². The number of rotatable bonds is 3. The maximum absolute atomic E-state index is 13.1. The van der Waals surface area contributed by atoms with Crippen LogP contribution >= 0.6 is 0 Å². The Morgan fingerprint density at radius 1 is 1.21 bits per heavy atom. The first-order chi connectivity index (χ1) is 11.4. The van der Waals surface area contributed by atoms with Crippen molar-refractivity contribution < 1.29 is 19.4 Å². The predicted molar refractivity (Wildman–Crippen MR) is 86.3 cm³/mol. The van der Waals surface area contributed by atoms with E-state index in [0.717, 1.165) is 5.01 Å². The molecule has 2 atom stereocenters. The Labute approximate surface area is 138 Å². The van der Waals surface area contributed by atoms with Gasteiger partial charge in [-0.1, -0.05) is 42.5 Å². The van der Waals surface area contributed by atoms with Crippen molar-refractivity contribution in [2.75, 3.05) is 0 Å². The molecule has 2 N–H and O–H groups in total. The quantitative estimate of drug-likeness (QED) is 0.908. The first-order valence-electron chi connectivity index (χ1n) is 7.51. The Morgan fingerprint density at radius 2 is 1.83 bits per heavy atom. The van der Waals surface area contributed by atoms with E-state index < -0.39 is 23.6 Å². The van der Waals surface area contributed by atoms with Crippen LogP contribution in [0.4, 0.5) is 4.39 Å². The second kappa shape index (κ2) is 6.14. The van der Waals surface area contributed by atoms with Gasteiger partial charge in [0.2, 0.25) is 0 Å². The smallest absolute Gasteiger partial charge is 0.279 e. The van der Waals surface area contributed by atoms with Crippen LogP contribution in [0.2, 0.25) is 0 Å². The minimum absolute atomic E-state index is 0.0892. The lowest BCUT2D eigenvalue weighted by Gasteiger charge is -2.32. The molecule has 0 radical (unpaired) electrons. The summed E-state index contributed by atoms with van der Waals surface area (Å²) in [5.41, 5.74) is -0.470. The number of carbonyl (C=O) groups excluding carboxylic acids is 1. The fourth-order valence-corrected chi connectivity index (χ4v) is 2.79. The van der Waals surface area contributed by atoms with E-state index in [9.17, 15) is 19.4 Å². The van der Waals surface area contributed by atoms with Gasteiger partial charge in [-0.3, -0.25) is 4.79 Å². The number of hydrazone groups is 1. The molecule has 2 aromatic rings. The lowest BCUT2D eigenvalue weighted by atomic mass is 9.97. The van der Waals surface area contributed by atoms with Crippen LogP contribution in [0.5, 0.6) is 0 Å². The summed E-state index contributed by atoms with van der Waals surface area (Å²) in [4.78, 5) is 12.7. The highest BCUT2D eigenvalue weighted by molar-refractivity contribution is 5.90. The van der Waals surface area contributed by atoms with Gasteiger partial charge >= 0.3 is 0 Å². The van der Waals surface area contributed by atoms with Gasteiger partial charge in [-0.2, -0.15) is 10.1 Å². The van der Waals surface area contributed by atoms with Crippen molar-refractivity contribution in [1.82, 2.24) is 5.01 Å². The molecule has 0 unspecified atom stereocenters. The monoisotopic (exact) mass is 328 g/mol. The van der Waals surface area contributed by atoms with Crippen molar-refractivity contribution in [3.05, 3.63) is 71.5 Å². The highest BCUT2D eigenvalue weighted by Crippen LogP contribution is 2.37. The number of hydrogen-bond donors (Lipinski definition) is 2. The van der Waals surface area contributed by atoms with Crippen LogP contribution in [0.1, 0.15) is 30.6 Å². The van der Waals surface area contributed by atoms with Gasteiger partial charge in [0.1, 0.15) is 5.82 Å². The molecule has 1 amide bonds. The number of amides is 1. The van der Waals surface area contributed by atoms with Crippen molar-refractivity contribution in [2.45, 2.75) is 25.2 Å². The van der Waals surface area contributed by atoms with E-state index in [2.05, 4.69) is 5.10 Å². The van der Waals surface area contributed by atoms with Crippen molar-refractivity contribution in [2.24, 2.45) is 5.10 Å². The van der Waals surface area contributed by atoms with Gasteiger partial charge in [0.15, 0.2) is 11.8 Å². The summed E-state index contributed by atoms with van der Waals surface area (Å²) >= 11 is 0. The van der Waals surface area contributed by atoms with Gasteiger partial charge in [0.25, 0.3) is 5.91 Å². The Kier molecular flexibility index (Phi) is 4.17. The summed E-state index contributed by atoms with van der Waals surface area (Å²) in [5, 5.41) is 26.3. The SMILES string of the molecule is CC1=NN(C(=O)[C@@H](O)c2ccccc2)[C@@](O)(c2ccc(F)cc2)C1. The molecule has 6 heteroatoms. The molecule has 1 aliphatic heterocycles. The van der Waals surface area contributed by atoms with Gasteiger partial charge < -0.3 is 10.2 Å². The summed E-state index contributed by atoms with van der Waals surface area (Å²) in [6.07, 6.45) is -1.36. The first-order valence-corrected chi connectivity index (χ1v) is 7.51. The zero-order valence-electron chi connectivity index (χ0n) is 13.1. The molecule has 0 spiro atoms. The van der Waals surface area contributed by atoms with E-state index in [1.807, 2.05) is 0 Å². The third kappa shape index (κ3) is 2.81. The molecule has 0 aromatic heterocycles. The summed E-state index contributed by atoms with van der Waals surface area (Å²) in [5.74, 6) is -1.19. The zero-order valence-corrected chi connectivity index (χ0v) is 13.1. The second-order valence-corrected chi connectivity index (χ2v) is 5.80. The largest absolute Gasteiger partial charge is 0.378 e. The molecule has 1 aliphatic rings. The van der Waals surface area contributed by atoms with Gasteiger partial charge in [0, 0.05) is 17.7 Å². The Bertz CT molecular complexity index is 777. The highest BCUT2D eigenvalue weighted by atomic mass is 19.1. The Hall–Kier alpha value is -2.57. The van der Waals surface area contributed by atoms with E-state index in [-0.39, 0.29) is 6.42 Å². The van der Waals surface area contributed by atoms with E-state index in [1.54, 1.807) is 37.3 Å². The molecule has 0 fully saturated rings. The van der Waals surface area contributed by atoms with Gasteiger partial charge in [-0.05, 0) is 24.6 Å². The van der Waals surface area contributed by atoms with Crippen molar-refractivity contribution >= 4 is 11.6 Å². The molecule has 5 nitrogen and oxygen atoms in total. The van der Waals surface area contributed by atoms with Crippen LogP contribution in [0, 0.1) is 5.82 Å². The zero-order chi connectivity index (χ0) is 17.3. The molecule has 2 aromatic carbocycles. The van der Waals surface area contributed by atoms with Crippen molar-refractivity contribution in [1.29, 1.82) is 0 Å². The minimum atomic E-state index is -1.75. The van der Waals surface area contributed by atoms with E-state index >= 15 is 0 Å². The molecule has 1 heterocycles. The van der Waals surface area contributed by atoms with Crippen LogP contribution in [0.15, 0.2) is 59.7 Å². The number of benzene rings is 2. The number of carbonyl (C=O) groups is 1. The molecule has 0 saturated heterocycles. The topological polar surface area (TPSA) is 73.1 Å². The summed E-state index contributed by atoms with van der Waals surface area (Å²) < 4.78 is 13.1. The molecule has 0 saturated carbocycles. The van der Waals surface area contributed by atoms with E-state index in [4.69, 9.17) is 0 Å². The first kappa shape index (κ1) is 16.3. The fourth-order valence-electron chi connectivity index (χ4n) is 2.79. The average Bonchev–Trinajstić information content (AvgIpc) is 2.90. The normalized spacial score (nSPS) is 21.5. The van der Waals surface area contributed by atoms with Crippen LogP contribution in [0.3, 0.4) is 0 Å². The lowest BCUT2D eigenvalue weighted by Crippen LogP contribution is -2.45. The Morgan fingerprint density at radius 3 is 2.46 bits per heavy atom. The van der Waals surface area contributed by atoms with Crippen LogP contribution < -0.4 is 0 Å². The molecule has 0 bridgehead atoms. The molecular weight excluding hydrogens is 311 g/mol. The maximum Gasteiger partial charge on any atom is 0.279 e. The average molecular weight is 328 g/mol. The summed E-state index contributed by atoms with van der Waals surface area (Å²) in [6.45, 7) is 1.68. The van der Waals surface area contributed by atoms with Crippen molar-refractivity contribution in [3.8, 4) is 0 Å². The maximum atomic E-state index is 13.1. The molecule has 0 aliphatic carbocycles. The molecule has 124 valence electrons. The van der Waals surface area contributed by atoms with Crippen molar-refractivity contribution in [3.63, 3.8) is 0 Å². The fraction of sp³-hybridized carbons (Fsp3) is 0.222. The number of aliphatic hydroxyl groups is 2. The molecular formula is C18H17FN2O3. The van der Waals surface area contributed by atoms with Crippen LogP contribution in [0.25, 0.3) is 0 Å². The number of aliphatic hydroxyl groups excluding tert-OH is 1. The molecule has 3 rings (SSSR count). The van der Waals surface area contributed by atoms with Crippen LogP contribution in [-0.4, -0.2) is 26.8 Å². The van der Waals surface area contributed by atoms with Gasteiger partial charge in [-0.15, -0.1) is 0 Å². The van der Waals surface area contributed by atoms with E-state index in [0.29, 0.717) is 16.8 Å². The highest BCUT2D eigenvalue weighted by Gasteiger charge is 2.46. The summed E-state index contributed by atoms with van der Waals surface area (Å²) in [7, 11) is 0. The van der Waals surface area contributed by atoms with Gasteiger partial charge in [0.05, 0.1) is 0 Å². The number of hydrogen-bond acceptors (Lipinski definition) is 4. The predicted octanol–water partition coefficient (Wildman–Crippen LogP) is 2.31. The lowest BCUT2D eigenvalue weighted by molar-refractivity contribution is -0.167.